The molecule has 0 spiro atoms. The molecule has 7 heteroatoms. The van der Waals surface area contributed by atoms with Crippen LogP contribution in [0.1, 0.15) is 51.4 Å². The molecule has 0 radical (unpaired) electrons. The Bertz CT molecular complexity index is 553. The first-order valence-electron chi connectivity index (χ1n) is 10.5. The van der Waals surface area contributed by atoms with Gasteiger partial charge < -0.3 is 10.2 Å². The van der Waals surface area contributed by atoms with Gasteiger partial charge >= 0.3 is 0 Å². The molecule has 3 aliphatic rings. The number of nitriles is 1. The number of rotatable bonds is 5. The van der Waals surface area contributed by atoms with Crippen LogP contribution in [0.3, 0.4) is 0 Å². The molecule has 1 N–H and O–H groups in total. The molecular formula is C20H33N5O2. The normalized spacial score (nSPS) is 24.2. The second-order valence-electron chi connectivity index (χ2n) is 8.30. The molecule has 1 saturated carbocycles. The van der Waals surface area contributed by atoms with Crippen LogP contribution < -0.4 is 5.32 Å². The van der Waals surface area contributed by atoms with Crippen molar-refractivity contribution < 1.29 is 9.59 Å². The summed E-state index contributed by atoms with van der Waals surface area (Å²) >= 11 is 0. The van der Waals surface area contributed by atoms with Gasteiger partial charge in [0.05, 0.1) is 19.2 Å². The second kappa shape index (κ2) is 9.52. The van der Waals surface area contributed by atoms with E-state index in [-0.39, 0.29) is 11.8 Å². The van der Waals surface area contributed by atoms with E-state index in [0.717, 1.165) is 84.2 Å². The summed E-state index contributed by atoms with van der Waals surface area (Å²) in [5.74, 6) is 0.199. The minimum absolute atomic E-state index is 0.0451. The number of piperazine rings is 1. The summed E-state index contributed by atoms with van der Waals surface area (Å²) in [5, 5.41) is 12.5. The SMILES string of the molecule is N#CC1(NC(=O)CN2CCN(CC(=O)N3CCCCC3)CC2)CCCCC1. The lowest BCUT2D eigenvalue weighted by molar-refractivity contribution is -0.134. The van der Waals surface area contributed by atoms with E-state index in [1.807, 2.05) is 4.90 Å². The van der Waals surface area contributed by atoms with Crippen LogP contribution in [0.2, 0.25) is 0 Å². The van der Waals surface area contributed by atoms with Gasteiger partial charge in [0.1, 0.15) is 5.54 Å². The van der Waals surface area contributed by atoms with E-state index >= 15 is 0 Å². The van der Waals surface area contributed by atoms with Gasteiger partial charge in [-0.2, -0.15) is 5.26 Å². The van der Waals surface area contributed by atoms with Crippen molar-refractivity contribution in [3.63, 3.8) is 0 Å². The van der Waals surface area contributed by atoms with E-state index in [1.165, 1.54) is 6.42 Å². The number of likely N-dealkylation sites (tertiary alicyclic amines) is 1. The number of hydrogen-bond donors (Lipinski definition) is 1. The Balaban J connectivity index is 1.38. The highest BCUT2D eigenvalue weighted by Crippen LogP contribution is 2.27. The maximum absolute atomic E-state index is 12.4. The van der Waals surface area contributed by atoms with E-state index in [2.05, 4.69) is 21.2 Å². The summed E-state index contributed by atoms with van der Waals surface area (Å²) in [4.78, 5) is 31.1. The molecule has 2 saturated heterocycles. The van der Waals surface area contributed by atoms with Gasteiger partial charge in [-0.25, -0.2) is 0 Å². The summed E-state index contributed by atoms with van der Waals surface area (Å²) < 4.78 is 0. The molecular weight excluding hydrogens is 342 g/mol. The standard InChI is InChI=1S/C20H33N5O2/c21-17-20(7-3-1-4-8-20)22-18(26)15-23-11-13-24(14-12-23)16-19(27)25-9-5-2-6-10-25/h1-16H2,(H,22,26). The summed E-state index contributed by atoms with van der Waals surface area (Å²) in [7, 11) is 0. The third kappa shape index (κ3) is 5.66. The Morgan fingerprint density at radius 3 is 1.96 bits per heavy atom. The molecule has 27 heavy (non-hydrogen) atoms. The number of carbonyl (C=O) groups is 2. The van der Waals surface area contributed by atoms with Crippen molar-refractivity contribution in [3.8, 4) is 6.07 Å². The van der Waals surface area contributed by atoms with Gasteiger partial charge in [-0.05, 0) is 32.1 Å². The fraction of sp³-hybridized carbons (Fsp3) is 0.850. The number of carbonyl (C=O) groups excluding carboxylic acids is 2. The Labute approximate surface area is 162 Å². The lowest BCUT2D eigenvalue weighted by Crippen LogP contribution is -2.55. The third-order valence-electron chi connectivity index (χ3n) is 6.20. The molecule has 1 aliphatic carbocycles. The van der Waals surface area contributed by atoms with Crippen LogP contribution in [0.5, 0.6) is 0 Å². The topological polar surface area (TPSA) is 79.7 Å². The van der Waals surface area contributed by atoms with Crippen LogP contribution in [0.4, 0.5) is 0 Å². The minimum atomic E-state index is -0.655. The number of hydrogen-bond acceptors (Lipinski definition) is 5. The Hall–Kier alpha value is -1.65. The fourth-order valence-corrected chi connectivity index (χ4v) is 4.47. The largest absolute Gasteiger partial charge is 0.342 e. The van der Waals surface area contributed by atoms with Crippen LogP contribution in [0, 0.1) is 11.3 Å². The zero-order chi connectivity index (χ0) is 19.1. The summed E-state index contributed by atoms with van der Waals surface area (Å²) in [6, 6.07) is 2.34. The lowest BCUT2D eigenvalue weighted by Gasteiger charge is -2.36. The first-order chi connectivity index (χ1) is 13.1. The van der Waals surface area contributed by atoms with Gasteiger partial charge in [0.15, 0.2) is 0 Å². The number of piperidine rings is 1. The molecule has 2 amide bonds. The van der Waals surface area contributed by atoms with E-state index in [4.69, 9.17) is 0 Å². The monoisotopic (exact) mass is 375 g/mol. The molecule has 0 aromatic carbocycles. The maximum atomic E-state index is 12.4. The van der Waals surface area contributed by atoms with Gasteiger partial charge in [-0.15, -0.1) is 0 Å². The quantitative estimate of drug-likeness (QED) is 0.774. The highest BCUT2D eigenvalue weighted by molar-refractivity contribution is 5.79. The lowest BCUT2D eigenvalue weighted by atomic mass is 9.83. The minimum Gasteiger partial charge on any atom is -0.342 e. The molecule has 2 aliphatic heterocycles. The third-order valence-corrected chi connectivity index (χ3v) is 6.20. The average molecular weight is 376 g/mol. The van der Waals surface area contributed by atoms with Crippen LogP contribution in [-0.2, 0) is 9.59 Å². The zero-order valence-corrected chi connectivity index (χ0v) is 16.4. The van der Waals surface area contributed by atoms with E-state index in [1.54, 1.807) is 0 Å². The van der Waals surface area contributed by atoms with Crippen LogP contribution in [-0.4, -0.2) is 84.4 Å². The summed E-state index contributed by atoms with van der Waals surface area (Å²) in [6.07, 6.45) is 8.19. The smallest absolute Gasteiger partial charge is 0.236 e. The predicted molar refractivity (Wildman–Crippen MR) is 103 cm³/mol. The molecule has 2 heterocycles. The molecule has 150 valence electrons. The van der Waals surface area contributed by atoms with Crippen molar-refractivity contribution in [1.82, 2.24) is 20.0 Å². The van der Waals surface area contributed by atoms with Crippen molar-refractivity contribution in [2.24, 2.45) is 0 Å². The Morgan fingerprint density at radius 2 is 1.37 bits per heavy atom. The van der Waals surface area contributed by atoms with Crippen LogP contribution in [0.15, 0.2) is 0 Å². The predicted octanol–water partition coefficient (Wildman–Crippen LogP) is 0.959. The molecule has 0 unspecified atom stereocenters. The van der Waals surface area contributed by atoms with Crippen molar-refractivity contribution in [2.75, 3.05) is 52.4 Å². The Morgan fingerprint density at radius 1 is 0.815 bits per heavy atom. The molecule has 3 rings (SSSR count). The van der Waals surface area contributed by atoms with Gasteiger partial charge in [-0.3, -0.25) is 19.4 Å². The molecule has 0 atom stereocenters. The molecule has 3 fully saturated rings. The van der Waals surface area contributed by atoms with Gasteiger partial charge in [0, 0.05) is 39.3 Å². The van der Waals surface area contributed by atoms with Crippen molar-refractivity contribution in [2.45, 2.75) is 56.9 Å². The van der Waals surface area contributed by atoms with E-state index < -0.39 is 5.54 Å². The molecule has 0 aromatic rings. The van der Waals surface area contributed by atoms with E-state index in [9.17, 15) is 14.9 Å². The zero-order valence-electron chi connectivity index (χ0n) is 16.4. The van der Waals surface area contributed by atoms with Crippen LogP contribution >= 0.6 is 0 Å². The maximum Gasteiger partial charge on any atom is 0.236 e. The first kappa shape index (κ1) is 20.1. The van der Waals surface area contributed by atoms with E-state index in [0.29, 0.717) is 13.1 Å². The number of amides is 2. The Kier molecular flexibility index (Phi) is 7.08. The number of nitrogens with one attached hydrogen (secondary N) is 1. The van der Waals surface area contributed by atoms with Crippen LogP contribution in [0.25, 0.3) is 0 Å². The highest BCUT2D eigenvalue weighted by atomic mass is 16.2. The summed E-state index contributed by atoms with van der Waals surface area (Å²) in [6.45, 7) is 5.86. The molecule has 0 aromatic heterocycles. The first-order valence-corrected chi connectivity index (χ1v) is 10.5. The molecule has 7 nitrogen and oxygen atoms in total. The van der Waals surface area contributed by atoms with Crippen molar-refractivity contribution in [3.05, 3.63) is 0 Å². The fourth-order valence-electron chi connectivity index (χ4n) is 4.47. The number of nitrogens with zero attached hydrogens (tertiary/aromatic N) is 4. The van der Waals surface area contributed by atoms with Crippen molar-refractivity contribution >= 4 is 11.8 Å². The highest BCUT2D eigenvalue weighted by Gasteiger charge is 2.34. The summed E-state index contributed by atoms with van der Waals surface area (Å²) in [5.41, 5.74) is -0.655. The second-order valence-corrected chi connectivity index (χ2v) is 8.30. The van der Waals surface area contributed by atoms with Gasteiger partial charge in [0.25, 0.3) is 0 Å². The van der Waals surface area contributed by atoms with Gasteiger partial charge in [-0.1, -0.05) is 19.3 Å². The van der Waals surface area contributed by atoms with Gasteiger partial charge in [0.2, 0.25) is 11.8 Å². The average Bonchev–Trinajstić information content (AvgIpc) is 2.70. The van der Waals surface area contributed by atoms with Crippen molar-refractivity contribution in [1.29, 1.82) is 5.26 Å². The molecule has 0 bridgehead atoms.